The summed E-state index contributed by atoms with van der Waals surface area (Å²) in [7, 11) is 0. The van der Waals surface area contributed by atoms with E-state index in [4.69, 9.17) is 14.9 Å². The van der Waals surface area contributed by atoms with Gasteiger partial charge in [-0.15, -0.1) is 0 Å². The van der Waals surface area contributed by atoms with Crippen LogP contribution in [-0.2, 0) is 15.1 Å². The maximum absolute atomic E-state index is 12.6. The van der Waals surface area contributed by atoms with Gasteiger partial charge in [-0.3, -0.25) is 0 Å². The number of benzene rings is 4. The van der Waals surface area contributed by atoms with E-state index in [0.717, 1.165) is 16.7 Å². The number of carboxylic acid groups (broad SMARTS) is 2. The zero-order valence-electron chi connectivity index (χ0n) is 20.2. The summed E-state index contributed by atoms with van der Waals surface area (Å²) in [5, 5.41) is 17.1. The van der Waals surface area contributed by atoms with Crippen molar-refractivity contribution in [2.75, 3.05) is 0 Å². The highest BCUT2D eigenvalue weighted by Gasteiger charge is 2.40. The quantitative estimate of drug-likeness (QED) is 0.181. The monoisotopic (exact) mass is 494 g/mol. The van der Waals surface area contributed by atoms with Gasteiger partial charge in [-0.05, 0) is 19.1 Å². The predicted octanol–water partition coefficient (Wildman–Crippen LogP) is 6.18. The average molecular weight is 495 g/mol. The molecule has 4 rings (SSSR count). The topological polar surface area (TPSA) is 101 Å². The van der Waals surface area contributed by atoms with Gasteiger partial charge in [-0.25, -0.2) is 14.4 Å². The standard InChI is InChI=1S/C23H20O2.C8H6O4/c1-18(2)22(24)25-23(19-12-6-3-7-13-19,20-14-8-4-9-15-20)21-16-10-5-11-17-21;9-7(10)5-3-1-2-4-6(5)8(11)12/h3-17H,1H2,2H3;1-4H,(H,9,10)(H,11,12). The number of aromatic carboxylic acids is 2. The lowest BCUT2D eigenvalue weighted by Crippen LogP contribution is -2.35. The molecule has 2 N–H and O–H groups in total. The van der Waals surface area contributed by atoms with Crippen molar-refractivity contribution in [3.8, 4) is 0 Å². The van der Waals surface area contributed by atoms with Crippen LogP contribution in [0.1, 0.15) is 44.3 Å². The molecule has 186 valence electrons. The normalized spacial score (nSPS) is 10.4. The molecule has 6 heteroatoms. The minimum Gasteiger partial charge on any atom is -0.478 e. The van der Waals surface area contributed by atoms with E-state index in [1.165, 1.54) is 24.3 Å². The van der Waals surface area contributed by atoms with E-state index in [1.807, 2.05) is 91.0 Å². The van der Waals surface area contributed by atoms with Crippen molar-refractivity contribution in [1.82, 2.24) is 0 Å². The van der Waals surface area contributed by atoms with E-state index in [9.17, 15) is 14.4 Å². The molecular formula is C31H26O6. The Bertz CT molecular complexity index is 1250. The van der Waals surface area contributed by atoms with Crippen LogP contribution in [0.15, 0.2) is 127 Å². The highest BCUT2D eigenvalue weighted by atomic mass is 16.6. The second-order valence-electron chi connectivity index (χ2n) is 8.11. The molecule has 0 fully saturated rings. The molecule has 4 aromatic carbocycles. The number of hydrogen-bond acceptors (Lipinski definition) is 4. The zero-order valence-corrected chi connectivity index (χ0v) is 20.2. The molecule has 0 saturated carbocycles. The van der Waals surface area contributed by atoms with Crippen LogP contribution in [0.5, 0.6) is 0 Å². The molecule has 6 nitrogen and oxygen atoms in total. The van der Waals surface area contributed by atoms with Gasteiger partial charge in [0.1, 0.15) is 0 Å². The Morgan fingerprint density at radius 2 is 0.892 bits per heavy atom. The molecule has 0 saturated heterocycles. The number of carbonyl (C=O) groups excluding carboxylic acids is 1. The van der Waals surface area contributed by atoms with Crippen LogP contribution in [0.25, 0.3) is 0 Å². The SMILES string of the molecule is C=C(C)C(=O)OC(c1ccccc1)(c1ccccc1)c1ccccc1.O=C(O)c1ccccc1C(=O)O. The smallest absolute Gasteiger partial charge is 0.336 e. The van der Waals surface area contributed by atoms with Gasteiger partial charge < -0.3 is 14.9 Å². The summed E-state index contributed by atoms with van der Waals surface area (Å²) in [6, 6.07) is 34.9. The molecule has 0 bridgehead atoms. The number of ether oxygens (including phenoxy) is 1. The summed E-state index contributed by atoms with van der Waals surface area (Å²) in [6.07, 6.45) is 0. The highest BCUT2D eigenvalue weighted by molar-refractivity contribution is 6.01. The first kappa shape index (κ1) is 26.6. The summed E-state index contributed by atoms with van der Waals surface area (Å²) in [6.45, 7) is 5.41. The summed E-state index contributed by atoms with van der Waals surface area (Å²) >= 11 is 0. The Kier molecular flexibility index (Phi) is 8.73. The molecule has 0 radical (unpaired) electrons. The molecule has 0 aliphatic carbocycles. The van der Waals surface area contributed by atoms with Crippen LogP contribution in [0.4, 0.5) is 0 Å². The Morgan fingerprint density at radius 1 is 0.595 bits per heavy atom. The van der Waals surface area contributed by atoms with E-state index >= 15 is 0 Å². The number of rotatable bonds is 7. The minimum atomic E-state index is -1.23. The van der Waals surface area contributed by atoms with E-state index in [0.29, 0.717) is 5.57 Å². The summed E-state index contributed by atoms with van der Waals surface area (Å²) in [4.78, 5) is 33.5. The summed E-state index contributed by atoms with van der Waals surface area (Å²) in [5.74, 6) is -2.88. The van der Waals surface area contributed by atoms with Crippen LogP contribution in [-0.4, -0.2) is 28.1 Å². The fraction of sp³-hybridized carbons (Fsp3) is 0.0645. The molecular weight excluding hydrogens is 468 g/mol. The largest absolute Gasteiger partial charge is 0.478 e. The lowest BCUT2D eigenvalue weighted by Gasteiger charge is -2.35. The molecule has 0 unspecified atom stereocenters. The average Bonchev–Trinajstić information content (AvgIpc) is 2.93. The number of carbonyl (C=O) groups is 3. The third-order valence-corrected chi connectivity index (χ3v) is 5.52. The van der Waals surface area contributed by atoms with E-state index < -0.39 is 23.5 Å². The molecule has 0 aliphatic rings. The van der Waals surface area contributed by atoms with Crippen molar-refractivity contribution in [2.45, 2.75) is 12.5 Å². The molecule has 0 spiro atoms. The van der Waals surface area contributed by atoms with Crippen molar-refractivity contribution in [3.63, 3.8) is 0 Å². The van der Waals surface area contributed by atoms with Crippen molar-refractivity contribution in [1.29, 1.82) is 0 Å². The van der Waals surface area contributed by atoms with Gasteiger partial charge in [0.05, 0.1) is 11.1 Å². The minimum absolute atomic E-state index is 0.190. The molecule has 4 aromatic rings. The molecule has 0 aliphatic heterocycles. The lowest BCUT2D eigenvalue weighted by atomic mass is 9.80. The van der Waals surface area contributed by atoms with Gasteiger partial charge in [-0.1, -0.05) is 110 Å². The maximum atomic E-state index is 12.6. The van der Waals surface area contributed by atoms with Crippen LogP contribution in [0.3, 0.4) is 0 Å². The van der Waals surface area contributed by atoms with Gasteiger partial charge in [0.15, 0.2) is 5.60 Å². The lowest BCUT2D eigenvalue weighted by molar-refractivity contribution is -0.148. The van der Waals surface area contributed by atoms with Crippen LogP contribution >= 0.6 is 0 Å². The third kappa shape index (κ3) is 6.18. The van der Waals surface area contributed by atoms with E-state index in [1.54, 1.807) is 6.92 Å². The first-order valence-corrected chi connectivity index (χ1v) is 11.4. The summed E-state index contributed by atoms with van der Waals surface area (Å²) in [5.41, 5.74) is 1.63. The molecule has 0 heterocycles. The van der Waals surface area contributed by atoms with Gasteiger partial charge in [-0.2, -0.15) is 0 Å². The van der Waals surface area contributed by atoms with Crippen molar-refractivity contribution in [3.05, 3.63) is 155 Å². The van der Waals surface area contributed by atoms with Crippen LogP contribution < -0.4 is 0 Å². The Balaban J connectivity index is 0.000000266. The number of carboxylic acids is 2. The van der Waals surface area contributed by atoms with Crippen LogP contribution in [0.2, 0.25) is 0 Å². The van der Waals surface area contributed by atoms with Crippen LogP contribution in [0, 0.1) is 0 Å². The fourth-order valence-electron chi connectivity index (χ4n) is 3.78. The Hall–Kier alpha value is -4.97. The third-order valence-electron chi connectivity index (χ3n) is 5.52. The van der Waals surface area contributed by atoms with E-state index in [-0.39, 0.29) is 11.1 Å². The maximum Gasteiger partial charge on any atom is 0.336 e. The zero-order chi connectivity index (χ0) is 26.8. The van der Waals surface area contributed by atoms with Gasteiger partial charge in [0.2, 0.25) is 0 Å². The molecule has 0 aromatic heterocycles. The van der Waals surface area contributed by atoms with Crippen molar-refractivity contribution >= 4 is 17.9 Å². The fourth-order valence-corrected chi connectivity index (χ4v) is 3.78. The molecule has 0 atom stereocenters. The second kappa shape index (κ2) is 12.1. The predicted molar refractivity (Wildman–Crippen MR) is 140 cm³/mol. The Labute approximate surface area is 215 Å². The molecule has 0 amide bonds. The van der Waals surface area contributed by atoms with Gasteiger partial charge in [0, 0.05) is 22.3 Å². The van der Waals surface area contributed by atoms with Crippen molar-refractivity contribution in [2.24, 2.45) is 0 Å². The first-order chi connectivity index (χ1) is 17.8. The van der Waals surface area contributed by atoms with E-state index in [2.05, 4.69) is 6.58 Å². The number of esters is 1. The molecule has 37 heavy (non-hydrogen) atoms. The first-order valence-electron chi connectivity index (χ1n) is 11.4. The summed E-state index contributed by atoms with van der Waals surface area (Å²) < 4.78 is 6.12. The highest BCUT2D eigenvalue weighted by Crippen LogP contribution is 2.40. The van der Waals surface area contributed by atoms with Crippen molar-refractivity contribution < 1.29 is 29.3 Å². The number of hydrogen-bond donors (Lipinski definition) is 2. The Morgan fingerprint density at radius 3 is 1.16 bits per heavy atom. The van der Waals surface area contributed by atoms with Gasteiger partial charge in [0.25, 0.3) is 0 Å². The van der Waals surface area contributed by atoms with Gasteiger partial charge >= 0.3 is 17.9 Å². The second-order valence-corrected chi connectivity index (χ2v) is 8.11.